The minimum Gasteiger partial charge on any atom is -0.479 e. The third-order valence-corrected chi connectivity index (χ3v) is 29.0. The highest BCUT2D eigenvalue weighted by molar-refractivity contribution is 5.79. The van der Waals surface area contributed by atoms with Gasteiger partial charge in [-0.2, -0.15) is 0 Å². The van der Waals surface area contributed by atoms with E-state index in [0.717, 1.165) is 11.9 Å². The van der Waals surface area contributed by atoms with Gasteiger partial charge in [0.25, 0.3) is 0 Å². The van der Waals surface area contributed by atoms with Crippen LogP contribution in [0.15, 0.2) is 11.6 Å². The molecule has 5 aliphatic carbocycles. The number of hydrogen-bond donors (Lipinski definition) is 22. The lowest BCUT2D eigenvalue weighted by atomic mass is 9.33. The number of carboxylic acids is 1. The van der Waals surface area contributed by atoms with Gasteiger partial charge in [-0.3, -0.25) is 4.79 Å². The first-order valence-electron chi connectivity index (χ1n) is 40.4. The quantitative estimate of drug-likeness (QED) is 0.0220. The molecule has 117 heavy (non-hydrogen) atoms. The minimum absolute atomic E-state index is 0.00873. The largest absolute Gasteiger partial charge is 0.479 e. The predicted molar refractivity (Wildman–Crippen MR) is 379 cm³/mol. The molecule has 12 fully saturated rings. The van der Waals surface area contributed by atoms with E-state index in [4.69, 9.17) is 75.8 Å². The summed E-state index contributed by atoms with van der Waals surface area (Å²) in [6.07, 6.45) is -68.5. The fourth-order valence-corrected chi connectivity index (χ4v) is 21.5. The van der Waals surface area contributed by atoms with Crippen LogP contribution >= 0.6 is 0 Å². The second-order valence-corrected chi connectivity index (χ2v) is 36.3. The van der Waals surface area contributed by atoms with E-state index in [1.165, 1.54) is 13.8 Å². The maximum atomic E-state index is 15.9. The number of esters is 1. The first-order chi connectivity index (χ1) is 55.0. The van der Waals surface area contributed by atoms with Crippen molar-refractivity contribution in [3.05, 3.63) is 11.6 Å². The van der Waals surface area contributed by atoms with Crippen LogP contribution in [0.1, 0.15) is 120 Å². The Hall–Kier alpha value is -3.09. The number of aliphatic hydroxyl groups excluding tert-OH is 21. The molecule has 13 rings (SSSR count). The number of aliphatic carboxylic acids is 1. The molecule has 22 N–H and O–H groups in total. The SMILES string of the molecule is CC1OC(OC2C(OC(=O)C34CCC(C)(C)CC3C3=CCC5C6(C)CCC(OC7OC(C(=O)O)C(OC8OC(CO)C(O)C(O)C8O)C(OC8OC(CO)C(O)C(O)C8OC8OCC(O)C(O)C8O)C7OC7OCC(O)C(O)C7O)C(C)(C=O)C6CCC5(C)C3(C)CC4)OC(C)C(O)C2O)C(OC2OC(CO)C(O)C(O)C2O)C(O)C1O. The van der Waals surface area contributed by atoms with Crippen molar-refractivity contribution in [2.24, 2.45) is 50.2 Å². The van der Waals surface area contributed by atoms with E-state index in [-0.39, 0.29) is 24.2 Å². The minimum atomic E-state index is -2.45. The van der Waals surface area contributed by atoms with Gasteiger partial charge in [-0.05, 0) is 117 Å². The molecule has 41 nitrogen and oxygen atoms in total. The van der Waals surface area contributed by atoms with Crippen LogP contribution in [0.3, 0.4) is 0 Å². The monoisotopic (exact) mass is 1690 g/mol. The van der Waals surface area contributed by atoms with Gasteiger partial charge in [0.15, 0.2) is 56.2 Å². The van der Waals surface area contributed by atoms with Gasteiger partial charge in [0, 0.05) is 0 Å². The van der Waals surface area contributed by atoms with Crippen LogP contribution in [0.4, 0.5) is 0 Å². The summed E-state index contributed by atoms with van der Waals surface area (Å²) in [6.45, 7) is 11.0. The van der Waals surface area contributed by atoms with Crippen LogP contribution in [-0.2, 0) is 90.2 Å². The lowest BCUT2D eigenvalue weighted by Gasteiger charge is -2.71. The molecule has 0 spiro atoms. The highest BCUT2D eigenvalue weighted by Gasteiger charge is 2.72. The number of rotatable bonds is 21. The van der Waals surface area contributed by atoms with Crippen LogP contribution in [0, 0.1) is 50.2 Å². The Balaban J connectivity index is 0.808. The lowest BCUT2D eigenvalue weighted by Crippen LogP contribution is -2.70. The number of fused-ring (bicyclic) bond motifs is 7. The Labute approximate surface area is 672 Å². The molecule has 41 heteroatoms. The van der Waals surface area contributed by atoms with Gasteiger partial charge in [-0.15, -0.1) is 0 Å². The smallest absolute Gasteiger partial charge is 0.335 e. The summed E-state index contributed by atoms with van der Waals surface area (Å²) in [5, 5.41) is 242. The zero-order valence-corrected chi connectivity index (χ0v) is 66.1. The Morgan fingerprint density at radius 3 is 1.40 bits per heavy atom. The van der Waals surface area contributed by atoms with Gasteiger partial charge in [-0.1, -0.05) is 53.2 Å². The average Bonchev–Trinajstić information content (AvgIpc) is 0.672. The van der Waals surface area contributed by atoms with Crippen LogP contribution < -0.4 is 0 Å². The topological polar surface area (TPSA) is 644 Å². The van der Waals surface area contributed by atoms with Gasteiger partial charge in [0.2, 0.25) is 6.29 Å². The number of carbonyl (C=O) groups is 3. The lowest BCUT2D eigenvalue weighted by molar-refractivity contribution is -0.414. The van der Waals surface area contributed by atoms with Crippen molar-refractivity contribution in [2.75, 3.05) is 33.0 Å². The summed E-state index contributed by atoms with van der Waals surface area (Å²) in [6, 6.07) is 0. The molecule has 0 aromatic heterocycles. The molecular weight excluding hydrogens is 1570 g/mol. The molecule has 47 atom stereocenters. The van der Waals surface area contributed by atoms with Crippen molar-refractivity contribution >= 4 is 18.2 Å². The molecule has 47 unspecified atom stereocenters. The van der Waals surface area contributed by atoms with Crippen molar-refractivity contribution in [3.63, 3.8) is 0 Å². The Bertz CT molecular complexity index is 3440. The third kappa shape index (κ3) is 16.2. The molecule has 13 aliphatic rings. The number of carbonyl (C=O) groups excluding carboxylic acids is 2. The molecule has 0 amide bonds. The number of hydrogen-bond acceptors (Lipinski definition) is 40. The molecule has 8 saturated heterocycles. The van der Waals surface area contributed by atoms with E-state index < -0.39 is 323 Å². The summed E-state index contributed by atoms with van der Waals surface area (Å²) in [7, 11) is 0. The van der Waals surface area contributed by atoms with Crippen LogP contribution in [0.5, 0.6) is 0 Å². The fraction of sp³-hybridized carbons (Fsp3) is 0.934. The van der Waals surface area contributed by atoms with Gasteiger partial charge >= 0.3 is 11.9 Å². The molecule has 0 radical (unpaired) electrons. The third-order valence-electron chi connectivity index (χ3n) is 29.0. The number of carboxylic acid groups (broad SMARTS) is 1. The van der Waals surface area contributed by atoms with Crippen LogP contribution in [0.2, 0.25) is 0 Å². The normalized spacial score (nSPS) is 54.6. The number of aliphatic hydroxyl groups is 21. The van der Waals surface area contributed by atoms with Crippen LogP contribution in [-0.4, -0.2) is 403 Å². The molecule has 0 bridgehead atoms. The van der Waals surface area contributed by atoms with E-state index in [0.29, 0.717) is 51.4 Å². The number of ether oxygens (including phenoxy) is 16. The van der Waals surface area contributed by atoms with Crippen molar-refractivity contribution in [2.45, 2.75) is 359 Å². The zero-order valence-electron chi connectivity index (χ0n) is 66.1. The number of aldehydes is 1. The van der Waals surface area contributed by atoms with Crippen molar-refractivity contribution in [1.82, 2.24) is 0 Å². The summed E-state index contributed by atoms with van der Waals surface area (Å²) in [5.74, 6) is -3.86. The summed E-state index contributed by atoms with van der Waals surface area (Å²) < 4.78 is 98.4. The highest BCUT2D eigenvalue weighted by Crippen LogP contribution is 2.76. The predicted octanol–water partition coefficient (Wildman–Crippen LogP) is -8.13. The van der Waals surface area contributed by atoms with E-state index in [1.54, 1.807) is 6.92 Å². The first-order valence-corrected chi connectivity index (χ1v) is 40.4. The molecule has 0 aromatic carbocycles. The second-order valence-electron chi connectivity index (χ2n) is 36.3. The number of allylic oxidation sites excluding steroid dienone is 2. The van der Waals surface area contributed by atoms with E-state index in [1.807, 2.05) is 0 Å². The summed E-state index contributed by atoms with van der Waals surface area (Å²) >= 11 is 0. The molecule has 8 aliphatic heterocycles. The summed E-state index contributed by atoms with van der Waals surface area (Å²) in [5.41, 5.74) is -4.13. The molecule has 0 aromatic rings. The van der Waals surface area contributed by atoms with Gasteiger partial charge in [0.1, 0.15) is 165 Å². The second kappa shape index (κ2) is 35.0. The van der Waals surface area contributed by atoms with Crippen molar-refractivity contribution < 1.29 is 203 Å². The van der Waals surface area contributed by atoms with Crippen LogP contribution in [0.25, 0.3) is 0 Å². The first kappa shape index (κ1) is 91.6. The average molecular weight is 1690 g/mol. The zero-order chi connectivity index (χ0) is 85.3. The maximum absolute atomic E-state index is 15.9. The van der Waals surface area contributed by atoms with E-state index in [9.17, 15) is 122 Å². The molecule has 4 saturated carbocycles. The molecular formula is C76H120O41. The maximum Gasteiger partial charge on any atom is 0.335 e. The Kier molecular flexibility index (Phi) is 27.4. The van der Waals surface area contributed by atoms with E-state index in [2.05, 4.69) is 40.7 Å². The van der Waals surface area contributed by atoms with E-state index >= 15 is 4.79 Å². The van der Waals surface area contributed by atoms with Crippen molar-refractivity contribution in [1.29, 1.82) is 0 Å². The molecule has 670 valence electrons. The summed E-state index contributed by atoms with van der Waals surface area (Å²) in [4.78, 5) is 44.6. The Morgan fingerprint density at radius 1 is 0.436 bits per heavy atom. The highest BCUT2D eigenvalue weighted by atomic mass is 16.8. The van der Waals surface area contributed by atoms with Gasteiger partial charge in [-0.25, -0.2) is 4.79 Å². The van der Waals surface area contributed by atoms with Crippen molar-refractivity contribution in [3.8, 4) is 0 Å². The van der Waals surface area contributed by atoms with Gasteiger partial charge in [0.05, 0.1) is 62.2 Å². The fourth-order valence-electron chi connectivity index (χ4n) is 21.5. The standard InChI is InChI=1S/C76H120O41/c1-26-38(83)47(92)54(111-64-52(97)45(90)42(87)32(20-77)106-64)66(104-26)112-55-48(93)39(84)27(2)105-67(55)117-70(101)76-17-15-71(3,4)19-29(76)28-9-10-36-72(5)13-12-37(73(6,25-80)35(72)11-14-75(36,8)74(28,7)16-18-76)109-69-60(116-63-51(96)41(86)31(82)24-103-63)58(57(59(115-69)61(99)100)113-65-53(98)46(91)43(88)33(21-78)107-65)114-68-56(49(94)44(89)34(22-79)108-68)110-62-50(95)40(85)30(81)23-102-62/h9,25-27,29-60,62-69,77-79,81-98H,10-24H2,1-8H3,(H,99,100). The Morgan fingerprint density at radius 2 is 0.872 bits per heavy atom. The van der Waals surface area contributed by atoms with Gasteiger partial charge < -0.3 is 193 Å². The molecule has 8 heterocycles.